The number of hydrogen-bond acceptors (Lipinski definition) is 4. The van der Waals surface area contributed by atoms with E-state index in [1.54, 1.807) is 10.9 Å². The molecule has 23 heavy (non-hydrogen) atoms. The molecule has 0 aromatic carbocycles. The lowest BCUT2D eigenvalue weighted by Gasteiger charge is -2.10. The van der Waals surface area contributed by atoms with Gasteiger partial charge in [-0.2, -0.15) is 18.3 Å². The van der Waals surface area contributed by atoms with E-state index in [4.69, 9.17) is 0 Å². The first-order valence-electron chi connectivity index (χ1n) is 7.00. The van der Waals surface area contributed by atoms with E-state index in [9.17, 15) is 13.2 Å². The van der Waals surface area contributed by atoms with Crippen molar-refractivity contribution in [3.05, 3.63) is 34.5 Å². The molecule has 6 nitrogen and oxygen atoms in total. The van der Waals surface area contributed by atoms with Crippen LogP contribution in [0, 0.1) is 0 Å². The lowest BCUT2D eigenvalue weighted by molar-refractivity contribution is -0.140. The van der Waals surface area contributed by atoms with Gasteiger partial charge >= 0.3 is 6.18 Å². The Morgan fingerprint density at radius 3 is 2.83 bits per heavy atom. The molecule has 0 unspecified atom stereocenters. The highest BCUT2D eigenvalue weighted by Gasteiger charge is 2.33. The molecule has 2 aromatic rings. The molecule has 0 fully saturated rings. The van der Waals surface area contributed by atoms with Crippen LogP contribution >= 0.6 is 11.3 Å². The summed E-state index contributed by atoms with van der Waals surface area (Å²) >= 11 is 0.950. The molecule has 2 rings (SSSR count). The van der Waals surface area contributed by atoms with Crippen molar-refractivity contribution in [1.29, 1.82) is 0 Å². The minimum Gasteiger partial charge on any atom is -0.357 e. The van der Waals surface area contributed by atoms with Gasteiger partial charge in [0.1, 0.15) is 5.01 Å². The third-order valence-electron chi connectivity index (χ3n) is 2.75. The number of aromatic nitrogens is 3. The fourth-order valence-electron chi connectivity index (χ4n) is 1.72. The summed E-state index contributed by atoms with van der Waals surface area (Å²) in [4.78, 5) is 7.79. The number of rotatable bonds is 6. The van der Waals surface area contributed by atoms with Crippen molar-refractivity contribution >= 4 is 17.3 Å². The summed E-state index contributed by atoms with van der Waals surface area (Å²) in [5.41, 5.74) is -0.871. The quantitative estimate of drug-likeness (QED) is 0.621. The molecule has 0 bridgehead atoms. The smallest absolute Gasteiger partial charge is 0.357 e. The van der Waals surface area contributed by atoms with E-state index in [1.165, 1.54) is 0 Å². The van der Waals surface area contributed by atoms with Gasteiger partial charge in [-0.1, -0.05) is 0 Å². The van der Waals surface area contributed by atoms with E-state index in [0.29, 0.717) is 30.6 Å². The number of alkyl halides is 3. The topological polar surface area (TPSA) is 67.1 Å². The summed E-state index contributed by atoms with van der Waals surface area (Å²) in [5.74, 6) is 0.531. The van der Waals surface area contributed by atoms with Crippen LogP contribution in [0.4, 0.5) is 13.2 Å². The van der Waals surface area contributed by atoms with Crippen LogP contribution in [0.15, 0.2) is 28.8 Å². The fourth-order valence-corrected chi connectivity index (χ4v) is 2.45. The largest absolute Gasteiger partial charge is 0.434 e. The van der Waals surface area contributed by atoms with Gasteiger partial charge in [-0.15, -0.1) is 11.3 Å². The molecule has 2 aromatic heterocycles. The van der Waals surface area contributed by atoms with Crippen molar-refractivity contribution in [3.8, 4) is 0 Å². The zero-order chi connectivity index (χ0) is 16.7. The van der Waals surface area contributed by atoms with Gasteiger partial charge in [-0.05, 0) is 13.0 Å². The van der Waals surface area contributed by atoms with E-state index in [-0.39, 0.29) is 6.54 Å². The Balaban J connectivity index is 1.88. The highest BCUT2D eigenvalue weighted by atomic mass is 32.1. The number of thiazole rings is 1. The van der Waals surface area contributed by atoms with Crippen LogP contribution < -0.4 is 10.6 Å². The SMILES string of the molecule is CCNC(=NCc1nc(C(F)(F)F)cs1)NCCn1cccn1. The highest BCUT2D eigenvalue weighted by molar-refractivity contribution is 7.09. The molecule has 0 radical (unpaired) electrons. The second-order valence-corrected chi connectivity index (χ2v) is 5.46. The summed E-state index contributed by atoms with van der Waals surface area (Å²) in [6.07, 6.45) is -0.870. The number of nitrogens with one attached hydrogen (secondary N) is 2. The van der Waals surface area contributed by atoms with Crippen LogP contribution in [0.25, 0.3) is 0 Å². The normalized spacial score (nSPS) is 12.4. The standard InChI is InChI=1S/C13H17F3N6S/c1-2-17-12(18-5-7-22-6-3-4-20-22)19-8-11-21-10(9-23-11)13(14,15)16/h3-4,6,9H,2,5,7-8H2,1H3,(H2,17,18,19). The number of nitrogens with zero attached hydrogens (tertiary/aromatic N) is 4. The maximum atomic E-state index is 12.5. The molecule has 0 amide bonds. The number of guanidine groups is 1. The minimum absolute atomic E-state index is 0.0951. The molecule has 0 spiro atoms. The van der Waals surface area contributed by atoms with Gasteiger partial charge in [0, 0.05) is 30.9 Å². The van der Waals surface area contributed by atoms with E-state index in [2.05, 4.69) is 25.7 Å². The van der Waals surface area contributed by atoms with Crippen LogP contribution in [0.3, 0.4) is 0 Å². The first-order chi connectivity index (χ1) is 11.0. The minimum atomic E-state index is -4.41. The van der Waals surface area contributed by atoms with Gasteiger partial charge in [0.25, 0.3) is 0 Å². The first kappa shape index (κ1) is 17.3. The van der Waals surface area contributed by atoms with Gasteiger partial charge in [-0.3, -0.25) is 4.68 Å². The average molecular weight is 346 g/mol. The summed E-state index contributed by atoms with van der Waals surface area (Å²) in [6, 6.07) is 1.83. The Morgan fingerprint density at radius 1 is 1.39 bits per heavy atom. The molecule has 0 saturated carbocycles. The second-order valence-electron chi connectivity index (χ2n) is 4.52. The first-order valence-corrected chi connectivity index (χ1v) is 7.88. The van der Waals surface area contributed by atoms with Crippen LogP contribution in [-0.4, -0.2) is 33.8 Å². The average Bonchev–Trinajstić information content (AvgIpc) is 3.15. The van der Waals surface area contributed by atoms with Crippen molar-refractivity contribution in [1.82, 2.24) is 25.4 Å². The highest BCUT2D eigenvalue weighted by Crippen LogP contribution is 2.30. The van der Waals surface area contributed by atoms with E-state index < -0.39 is 11.9 Å². The zero-order valence-corrected chi connectivity index (χ0v) is 13.3. The maximum absolute atomic E-state index is 12.5. The summed E-state index contributed by atoms with van der Waals surface area (Å²) in [6.45, 7) is 3.92. The molecule has 0 aliphatic carbocycles. The van der Waals surface area contributed by atoms with Crippen LogP contribution in [0.1, 0.15) is 17.6 Å². The van der Waals surface area contributed by atoms with Crippen molar-refractivity contribution < 1.29 is 13.2 Å². The third-order valence-corrected chi connectivity index (χ3v) is 3.58. The van der Waals surface area contributed by atoms with E-state index in [0.717, 1.165) is 16.7 Å². The maximum Gasteiger partial charge on any atom is 0.434 e. The van der Waals surface area contributed by atoms with Crippen LogP contribution in [0.5, 0.6) is 0 Å². The van der Waals surface area contributed by atoms with Crippen molar-refractivity contribution in [2.75, 3.05) is 13.1 Å². The molecule has 10 heteroatoms. The molecule has 0 aliphatic rings. The lowest BCUT2D eigenvalue weighted by Crippen LogP contribution is -2.38. The number of hydrogen-bond donors (Lipinski definition) is 2. The summed E-state index contributed by atoms with van der Waals surface area (Å²) in [5, 5.41) is 11.5. The Morgan fingerprint density at radius 2 is 2.22 bits per heavy atom. The van der Waals surface area contributed by atoms with Crippen molar-refractivity contribution in [3.63, 3.8) is 0 Å². The Hall–Kier alpha value is -2.10. The van der Waals surface area contributed by atoms with Gasteiger partial charge in [-0.25, -0.2) is 9.98 Å². The monoisotopic (exact) mass is 346 g/mol. The van der Waals surface area contributed by atoms with Crippen LogP contribution in [0.2, 0.25) is 0 Å². The summed E-state index contributed by atoms with van der Waals surface area (Å²) in [7, 11) is 0. The van der Waals surface area contributed by atoms with E-state index in [1.807, 2.05) is 19.2 Å². The molecule has 0 atom stereocenters. The predicted octanol–water partition coefficient (Wildman–Crippen LogP) is 2.11. The fraction of sp³-hybridized carbons (Fsp3) is 0.462. The molecule has 0 aliphatic heterocycles. The molecular formula is C13H17F3N6S. The number of aliphatic imine (C=N–C) groups is 1. The Kier molecular flexibility index (Phi) is 5.97. The van der Waals surface area contributed by atoms with E-state index >= 15 is 0 Å². The second kappa shape index (κ2) is 7.95. The molecule has 0 saturated heterocycles. The number of halogens is 3. The van der Waals surface area contributed by atoms with Crippen molar-refractivity contribution in [2.45, 2.75) is 26.2 Å². The zero-order valence-electron chi connectivity index (χ0n) is 12.5. The molecule has 2 heterocycles. The van der Waals surface area contributed by atoms with Crippen molar-refractivity contribution in [2.24, 2.45) is 4.99 Å². The molecular weight excluding hydrogens is 329 g/mol. The lowest BCUT2D eigenvalue weighted by atomic mass is 10.5. The Bertz CT molecular complexity index is 620. The third kappa shape index (κ3) is 5.55. The van der Waals surface area contributed by atoms with Gasteiger partial charge in [0.15, 0.2) is 11.7 Å². The molecule has 126 valence electrons. The Labute approximate surface area is 135 Å². The predicted molar refractivity (Wildman–Crippen MR) is 82.2 cm³/mol. The van der Waals surface area contributed by atoms with Crippen LogP contribution in [-0.2, 0) is 19.3 Å². The molecule has 2 N–H and O–H groups in total. The van der Waals surface area contributed by atoms with Gasteiger partial charge in [0.05, 0.1) is 13.1 Å². The summed E-state index contributed by atoms with van der Waals surface area (Å²) < 4.78 is 39.3. The van der Waals surface area contributed by atoms with Gasteiger partial charge < -0.3 is 10.6 Å². The van der Waals surface area contributed by atoms with Gasteiger partial charge in [0.2, 0.25) is 0 Å².